The minimum Gasteiger partial charge on any atom is -0.496 e. The molecule has 3 amide bonds. The maximum absolute atomic E-state index is 14.0. The first-order chi connectivity index (χ1) is 17.8. The van der Waals surface area contributed by atoms with E-state index < -0.39 is 11.5 Å². The largest absolute Gasteiger partial charge is 0.496 e. The highest BCUT2D eigenvalue weighted by atomic mass is 16.5. The van der Waals surface area contributed by atoms with Crippen molar-refractivity contribution in [1.29, 1.82) is 0 Å². The number of H-pyrrole nitrogens is 1. The van der Waals surface area contributed by atoms with Crippen LogP contribution in [0.15, 0.2) is 48.5 Å². The van der Waals surface area contributed by atoms with Gasteiger partial charge < -0.3 is 20.4 Å². The van der Waals surface area contributed by atoms with Crippen molar-refractivity contribution in [3.05, 3.63) is 59.8 Å². The number of carbonyl (C=O) groups is 3. The number of hydrogen-bond donors (Lipinski definition) is 3. The SMILES string of the molecule is C=[N+](C)[C@@H]1C[C@@]2(CN1C(=O)[C@@H](NC(=O)c1cc3c(OC)cccc3[nH]1)C1CC1)C(=O)Nc1ccccc12. The van der Waals surface area contributed by atoms with Gasteiger partial charge >= 0.3 is 0 Å². The number of hydrogen-bond acceptors (Lipinski definition) is 4. The molecule has 2 aliphatic heterocycles. The minimum absolute atomic E-state index is 0.0624. The van der Waals surface area contributed by atoms with Crippen LogP contribution in [0.4, 0.5) is 5.69 Å². The highest BCUT2D eigenvalue weighted by Gasteiger charge is 2.59. The quantitative estimate of drug-likeness (QED) is 0.357. The summed E-state index contributed by atoms with van der Waals surface area (Å²) in [5, 5.41) is 6.79. The predicted molar refractivity (Wildman–Crippen MR) is 139 cm³/mol. The van der Waals surface area contributed by atoms with Gasteiger partial charge in [-0.25, -0.2) is 4.58 Å². The molecular formula is C28H30N5O4+. The summed E-state index contributed by atoms with van der Waals surface area (Å²) in [5.41, 5.74) is 2.00. The lowest BCUT2D eigenvalue weighted by Crippen LogP contribution is -2.53. The zero-order valence-corrected chi connectivity index (χ0v) is 20.9. The van der Waals surface area contributed by atoms with Crippen molar-refractivity contribution in [2.75, 3.05) is 26.0 Å². The standard InChI is InChI=1S/C28H29N5O4/c1-32(2)23-14-28(18-7-4-5-8-20(18)30-27(28)36)15-33(23)26(35)24(16-11-12-16)31-25(34)21-13-17-19(29-21)9-6-10-22(17)37-3/h4-10,13,16,23-24H,1,11-12,14-15H2,2-3H3,(H2-,29,30,31,34,36)/p+1/t23-,24-,28-/m0/s1. The van der Waals surface area contributed by atoms with Gasteiger partial charge in [0.05, 0.1) is 13.5 Å². The lowest BCUT2D eigenvalue weighted by atomic mass is 9.80. The van der Waals surface area contributed by atoms with Gasteiger partial charge in [-0.2, -0.15) is 0 Å². The third kappa shape index (κ3) is 3.68. The number of para-hydroxylation sites is 1. The number of aromatic nitrogens is 1. The summed E-state index contributed by atoms with van der Waals surface area (Å²) >= 11 is 0. The Bertz CT molecular complexity index is 1460. The number of nitrogens with one attached hydrogen (secondary N) is 3. The average molecular weight is 501 g/mol. The fraction of sp³-hybridized carbons (Fsp3) is 0.357. The number of nitrogens with zero attached hydrogens (tertiary/aromatic N) is 2. The van der Waals surface area contributed by atoms with E-state index in [1.807, 2.05) is 49.5 Å². The molecule has 9 nitrogen and oxygen atoms in total. The third-order valence-corrected chi connectivity index (χ3v) is 7.98. The first-order valence-corrected chi connectivity index (χ1v) is 12.5. The van der Waals surface area contributed by atoms with Crippen molar-refractivity contribution >= 4 is 41.0 Å². The Labute approximate surface area is 214 Å². The molecule has 1 spiro atoms. The van der Waals surface area contributed by atoms with Crippen molar-refractivity contribution in [2.24, 2.45) is 5.92 Å². The van der Waals surface area contributed by atoms with Crippen molar-refractivity contribution in [3.8, 4) is 5.75 Å². The van der Waals surface area contributed by atoms with Crippen LogP contribution >= 0.6 is 0 Å². The van der Waals surface area contributed by atoms with E-state index in [1.54, 1.807) is 22.7 Å². The second-order valence-electron chi connectivity index (χ2n) is 10.4. The van der Waals surface area contributed by atoms with Crippen LogP contribution in [0.1, 0.15) is 35.3 Å². The van der Waals surface area contributed by atoms with Crippen LogP contribution in [0.5, 0.6) is 5.75 Å². The smallest absolute Gasteiger partial charge is 0.268 e. The van der Waals surface area contributed by atoms with Gasteiger partial charge in [0.25, 0.3) is 5.91 Å². The number of carbonyl (C=O) groups excluding carboxylic acids is 3. The van der Waals surface area contributed by atoms with Crippen molar-refractivity contribution in [3.63, 3.8) is 0 Å². The maximum Gasteiger partial charge on any atom is 0.268 e. The first kappa shape index (κ1) is 23.3. The molecule has 2 aromatic carbocycles. The number of ether oxygens (including phenoxy) is 1. The van der Waals surface area contributed by atoms with Gasteiger partial charge in [0.2, 0.25) is 18.0 Å². The summed E-state index contributed by atoms with van der Waals surface area (Å²) in [7, 11) is 3.40. The molecule has 1 saturated carbocycles. The van der Waals surface area contributed by atoms with Gasteiger partial charge in [-0.1, -0.05) is 24.3 Å². The molecule has 1 saturated heterocycles. The molecule has 1 aliphatic carbocycles. The molecule has 3 heterocycles. The van der Waals surface area contributed by atoms with E-state index in [0.717, 1.165) is 35.0 Å². The zero-order valence-electron chi connectivity index (χ0n) is 20.9. The number of aromatic amines is 1. The highest BCUT2D eigenvalue weighted by Crippen LogP contribution is 2.47. The summed E-state index contributed by atoms with van der Waals surface area (Å²) in [4.78, 5) is 45.5. The normalized spacial score (nSPS) is 23.1. The molecule has 3 N–H and O–H groups in total. The molecule has 1 aromatic heterocycles. The Morgan fingerprint density at radius 2 is 2.00 bits per heavy atom. The Hall–Kier alpha value is -4.14. The average Bonchev–Trinajstić information content (AvgIpc) is 3.39. The fourth-order valence-electron chi connectivity index (χ4n) is 5.87. The van der Waals surface area contributed by atoms with Crippen LogP contribution in [-0.4, -0.2) is 71.8 Å². The maximum atomic E-state index is 14.0. The molecule has 0 unspecified atom stereocenters. The molecule has 3 aromatic rings. The second kappa shape index (κ2) is 8.47. The van der Waals surface area contributed by atoms with Gasteiger partial charge in [-0.3, -0.25) is 19.3 Å². The molecule has 6 rings (SSSR count). The van der Waals surface area contributed by atoms with Crippen molar-refractivity contribution in [1.82, 2.24) is 15.2 Å². The molecule has 0 radical (unpaired) electrons. The molecule has 37 heavy (non-hydrogen) atoms. The van der Waals surface area contributed by atoms with Gasteiger partial charge in [0, 0.05) is 23.1 Å². The van der Waals surface area contributed by atoms with Gasteiger partial charge in [0.1, 0.15) is 36.7 Å². The lowest BCUT2D eigenvalue weighted by molar-refractivity contribution is -0.549. The molecule has 3 aliphatic rings. The van der Waals surface area contributed by atoms with Crippen LogP contribution < -0.4 is 15.4 Å². The van der Waals surface area contributed by atoms with E-state index in [-0.39, 0.29) is 36.3 Å². The summed E-state index contributed by atoms with van der Waals surface area (Å²) in [6.07, 6.45) is 1.80. The van der Waals surface area contributed by atoms with Crippen LogP contribution in [0.3, 0.4) is 0 Å². The number of methoxy groups -OCH3 is 1. The molecule has 190 valence electrons. The third-order valence-electron chi connectivity index (χ3n) is 7.98. The van der Waals surface area contributed by atoms with Crippen LogP contribution in [0.2, 0.25) is 0 Å². The summed E-state index contributed by atoms with van der Waals surface area (Å²) in [5.74, 6) is 0.101. The van der Waals surface area contributed by atoms with E-state index >= 15 is 0 Å². The second-order valence-corrected chi connectivity index (χ2v) is 10.4. The minimum atomic E-state index is -0.839. The van der Waals surface area contributed by atoms with Crippen LogP contribution in [0.25, 0.3) is 10.9 Å². The lowest BCUT2D eigenvalue weighted by Gasteiger charge is -2.27. The number of rotatable bonds is 6. The number of anilines is 1. The molecular weight excluding hydrogens is 470 g/mol. The van der Waals surface area contributed by atoms with Crippen LogP contribution in [-0.2, 0) is 15.0 Å². The van der Waals surface area contributed by atoms with Gasteiger partial charge in [0.15, 0.2) is 0 Å². The monoisotopic (exact) mass is 500 g/mol. The molecule has 3 atom stereocenters. The van der Waals surface area contributed by atoms with E-state index in [0.29, 0.717) is 17.9 Å². The molecule has 9 heteroatoms. The molecule has 0 bridgehead atoms. The summed E-state index contributed by atoms with van der Waals surface area (Å²) < 4.78 is 7.15. The Morgan fingerprint density at radius 3 is 2.73 bits per heavy atom. The van der Waals surface area contributed by atoms with Crippen molar-refractivity contribution in [2.45, 2.75) is 36.9 Å². The zero-order chi connectivity index (χ0) is 25.9. The van der Waals surface area contributed by atoms with E-state index in [1.165, 1.54) is 0 Å². The summed E-state index contributed by atoms with van der Waals surface area (Å²) in [6.45, 7) is 4.30. The Kier molecular flexibility index (Phi) is 5.33. The number of likely N-dealkylation sites (tertiary alicyclic amines) is 1. The predicted octanol–water partition coefficient (Wildman–Crippen LogP) is 2.48. The first-order valence-electron chi connectivity index (χ1n) is 12.5. The van der Waals surface area contributed by atoms with Gasteiger partial charge in [-0.05, 0) is 48.6 Å². The number of benzene rings is 2. The summed E-state index contributed by atoms with van der Waals surface area (Å²) in [6, 6.07) is 14.3. The van der Waals surface area contributed by atoms with Gasteiger partial charge in [-0.15, -0.1) is 0 Å². The number of fused-ring (bicyclic) bond motifs is 3. The Balaban J connectivity index is 1.29. The van der Waals surface area contributed by atoms with Crippen LogP contribution in [0, 0.1) is 5.92 Å². The topological polar surface area (TPSA) is 107 Å². The Morgan fingerprint density at radius 1 is 1.22 bits per heavy atom. The van der Waals surface area contributed by atoms with E-state index in [4.69, 9.17) is 4.74 Å². The van der Waals surface area contributed by atoms with E-state index in [2.05, 4.69) is 22.3 Å². The highest BCUT2D eigenvalue weighted by molar-refractivity contribution is 6.07. The van der Waals surface area contributed by atoms with Crippen molar-refractivity contribution < 1.29 is 23.7 Å². The molecule has 2 fully saturated rings. The fourth-order valence-corrected chi connectivity index (χ4v) is 5.87. The number of amides is 3. The van der Waals surface area contributed by atoms with E-state index in [9.17, 15) is 14.4 Å².